The van der Waals surface area contributed by atoms with E-state index in [9.17, 15) is 9.59 Å². The van der Waals surface area contributed by atoms with E-state index in [0.717, 1.165) is 38.5 Å². The molecule has 0 atom stereocenters. The van der Waals surface area contributed by atoms with Gasteiger partial charge in [0.1, 0.15) is 5.78 Å². The highest BCUT2D eigenvalue weighted by atomic mass is 16.4. The molecule has 0 aromatic rings. The van der Waals surface area contributed by atoms with E-state index in [1.165, 1.54) is 0 Å². The molecule has 0 bridgehead atoms. The molecule has 1 N–H and O–H groups in total. The monoisotopic (exact) mass is 292 g/mol. The number of Topliss-reactive ketones (excluding diaryl/α,β-unsaturated/α-hetero) is 1. The van der Waals surface area contributed by atoms with Crippen LogP contribution in [0.15, 0.2) is 36.5 Å². The molecule has 0 unspecified atom stereocenters. The van der Waals surface area contributed by atoms with Gasteiger partial charge in [0.2, 0.25) is 0 Å². The van der Waals surface area contributed by atoms with Crippen LogP contribution >= 0.6 is 0 Å². The lowest BCUT2D eigenvalue weighted by Gasteiger charge is -1.93. The first kappa shape index (κ1) is 19.4. The second kappa shape index (κ2) is 14.8. The van der Waals surface area contributed by atoms with Crippen molar-refractivity contribution in [2.24, 2.45) is 0 Å². The lowest BCUT2D eigenvalue weighted by Crippen LogP contribution is -1.93. The summed E-state index contributed by atoms with van der Waals surface area (Å²) in [4.78, 5) is 21.8. The highest BCUT2D eigenvalue weighted by molar-refractivity contribution is 5.79. The Bertz CT molecular complexity index is 365. The molecule has 0 aliphatic rings. The molecule has 0 aliphatic carbocycles. The van der Waals surface area contributed by atoms with Crippen LogP contribution in [0.1, 0.15) is 64.7 Å². The van der Waals surface area contributed by atoms with Crippen LogP contribution in [0.25, 0.3) is 0 Å². The van der Waals surface area contributed by atoms with Gasteiger partial charge in [-0.1, -0.05) is 43.4 Å². The molecule has 0 fully saturated rings. The van der Waals surface area contributed by atoms with Gasteiger partial charge in [-0.3, -0.25) is 9.59 Å². The summed E-state index contributed by atoms with van der Waals surface area (Å²) in [6.07, 6.45) is 19.0. The summed E-state index contributed by atoms with van der Waals surface area (Å²) in [7, 11) is 0. The summed E-state index contributed by atoms with van der Waals surface area (Å²) in [5.41, 5.74) is 0. The van der Waals surface area contributed by atoms with E-state index in [2.05, 4.69) is 31.2 Å². The molecule has 3 nitrogen and oxygen atoms in total. The number of ketones is 1. The van der Waals surface area contributed by atoms with Crippen molar-refractivity contribution in [3.63, 3.8) is 0 Å². The Labute approximate surface area is 128 Å². The van der Waals surface area contributed by atoms with Crippen LogP contribution in [0.5, 0.6) is 0 Å². The standard InChI is InChI=1S/C18H28O3/c1-2-3-11-14-17(19)15-12-9-7-5-4-6-8-10-13-16-18(20)21/h3-4,6-7,9,11H,2,5,8,10,12-16H2,1H3,(H,20,21)/b6-4-,9-7-,11-3-. The maximum atomic E-state index is 11.5. The van der Waals surface area contributed by atoms with E-state index in [1.807, 2.05) is 12.2 Å². The zero-order valence-electron chi connectivity index (χ0n) is 13.1. The molecular weight excluding hydrogens is 264 g/mol. The molecule has 0 heterocycles. The highest BCUT2D eigenvalue weighted by Gasteiger charge is 1.96. The van der Waals surface area contributed by atoms with Gasteiger partial charge in [-0.2, -0.15) is 0 Å². The van der Waals surface area contributed by atoms with Gasteiger partial charge in [0, 0.05) is 19.3 Å². The number of hydrogen-bond donors (Lipinski definition) is 1. The summed E-state index contributed by atoms with van der Waals surface area (Å²) in [6, 6.07) is 0. The van der Waals surface area contributed by atoms with Crippen molar-refractivity contribution >= 4 is 11.8 Å². The number of allylic oxidation sites excluding steroid dienone is 6. The van der Waals surface area contributed by atoms with E-state index in [1.54, 1.807) is 0 Å². The summed E-state index contributed by atoms with van der Waals surface area (Å²) >= 11 is 0. The minimum atomic E-state index is -0.721. The van der Waals surface area contributed by atoms with Crippen LogP contribution in [0.3, 0.4) is 0 Å². The number of unbranched alkanes of at least 4 members (excludes halogenated alkanes) is 2. The van der Waals surface area contributed by atoms with Crippen molar-refractivity contribution in [3.8, 4) is 0 Å². The number of carbonyl (C=O) groups is 2. The zero-order chi connectivity index (χ0) is 15.8. The minimum Gasteiger partial charge on any atom is -0.481 e. The molecule has 0 aromatic carbocycles. The Morgan fingerprint density at radius 3 is 2.24 bits per heavy atom. The average molecular weight is 292 g/mol. The fourth-order valence-electron chi connectivity index (χ4n) is 1.77. The van der Waals surface area contributed by atoms with Crippen LogP contribution in [0.4, 0.5) is 0 Å². The largest absolute Gasteiger partial charge is 0.481 e. The summed E-state index contributed by atoms with van der Waals surface area (Å²) in [6.45, 7) is 2.06. The van der Waals surface area contributed by atoms with E-state index >= 15 is 0 Å². The number of carboxylic acids is 1. The molecule has 0 saturated heterocycles. The first-order valence-corrected chi connectivity index (χ1v) is 7.85. The van der Waals surface area contributed by atoms with Gasteiger partial charge in [0.05, 0.1) is 0 Å². The summed E-state index contributed by atoms with van der Waals surface area (Å²) in [5.74, 6) is -0.431. The first-order valence-electron chi connectivity index (χ1n) is 7.85. The quantitative estimate of drug-likeness (QED) is 0.390. The van der Waals surface area contributed by atoms with Crippen molar-refractivity contribution in [1.29, 1.82) is 0 Å². The minimum absolute atomic E-state index is 0.259. The summed E-state index contributed by atoms with van der Waals surface area (Å²) in [5, 5.41) is 8.48. The number of rotatable bonds is 13. The van der Waals surface area contributed by atoms with Crippen LogP contribution in [0.2, 0.25) is 0 Å². The summed E-state index contributed by atoms with van der Waals surface area (Å²) < 4.78 is 0. The van der Waals surface area contributed by atoms with Crippen molar-refractivity contribution in [2.45, 2.75) is 64.7 Å². The molecule has 0 saturated carbocycles. The average Bonchev–Trinajstić information content (AvgIpc) is 2.44. The number of hydrogen-bond acceptors (Lipinski definition) is 2. The third-order valence-corrected chi connectivity index (χ3v) is 2.95. The Morgan fingerprint density at radius 2 is 1.57 bits per heavy atom. The van der Waals surface area contributed by atoms with Gasteiger partial charge in [-0.15, -0.1) is 0 Å². The zero-order valence-corrected chi connectivity index (χ0v) is 13.1. The number of aliphatic carboxylic acids is 1. The van der Waals surface area contributed by atoms with Crippen molar-refractivity contribution in [1.82, 2.24) is 0 Å². The first-order chi connectivity index (χ1) is 10.2. The molecule has 3 heteroatoms. The maximum absolute atomic E-state index is 11.5. The Hall–Kier alpha value is -1.64. The van der Waals surface area contributed by atoms with Gasteiger partial charge in [-0.05, 0) is 38.5 Å². The Morgan fingerprint density at radius 1 is 0.857 bits per heavy atom. The van der Waals surface area contributed by atoms with Crippen molar-refractivity contribution < 1.29 is 14.7 Å². The normalized spacial score (nSPS) is 11.9. The third kappa shape index (κ3) is 16.3. The van der Waals surface area contributed by atoms with Crippen LogP contribution < -0.4 is 0 Å². The number of carbonyl (C=O) groups excluding carboxylic acids is 1. The molecule has 0 aliphatic heterocycles. The van der Waals surface area contributed by atoms with Gasteiger partial charge in [-0.25, -0.2) is 0 Å². The molecule has 0 rings (SSSR count). The van der Waals surface area contributed by atoms with Crippen LogP contribution in [-0.4, -0.2) is 16.9 Å². The van der Waals surface area contributed by atoms with E-state index in [0.29, 0.717) is 18.6 Å². The van der Waals surface area contributed by atoms with E-state index in [4.69, 9.17) is 5.11 Å². The number of carboxylic acid groups (broad SMARTS) is 1. The molecular formula is C18H28O3. The Kier molecular flexibility index (Phi) is 13.6. The second-order valence-corrected chi connectivity index (χ2v) is 4.98. The second-order valence-electron chi connectivity index (χ2n) is 4.98. The lowest BCUT2D eigenvalue weighted by molar-refractivity contribution is -0.137. The Balaban J connectivity index is 3.45. The van der Waals surface area contributed by atoms with E-state index in [-0.39, 0.29) is 6.42 Å². The highest BCUT2D eigenvalue weighted by Crippen LogP contribution is 2.02. The van der Waals surface area contributed by atoms with Crippen LogP contribution in [-0.2, 0) is 9.59 Å². The molecule has 0 spiro atoms. The van der Waals surface area contributed by atoms with Gasteiger partial charge in [0.25, 0.3) is 0 Å². The smallest absolute Gasteiger partial charge is 0.303 e. The molecule has 0 aromatic heterocycles. The fraction of sp³-hybridized carbons (Fsp3) is 0.556. The SMILES string of the molecule is CC/C=C\CC(=O)CC/C=C\C/C=C\CCCCC(=O)O. The third-order valence-electron chi connectivity index (χ3n) is 2.95. The molecule has 118 valence electrons. The lowest BCUT2D eigenvalue weighted by atomic mass is 10.1. The van der Waals surface area contributed by atoms with Gasteiger partial charge < -0.3 is 5.11 Å². The van der Waals surface area contributed by atoms with Crippen LogP contribution in [0, 0.1) is 0 Å². The molecule has 0 amide bonds. The van der Waals surface area contributed by atoms with Gasteiger partial charge >= 0.3 is 5.97 Å². The topological polar surface area (TPSA) is 54.4 Å². The van der Waals surface area contributed by atoms with Crippen molar-refractivity contribution in [2.75, 3.05) is 0 Å². The maximum Gasteiger partial charge on any atom is 0.303 e. The molecule has 21 heavy (non-hydrogen) atoms. The predicted molar refractivity (Wildman–Crippen MR) is 87.3 cm³/mol. The van der Waals surface area contributed by atoms with E-state index < -0.39 is 5.97 Å². The molecule has 0 radical (unpaired) electrons. The van der Waals surface area contributed by atoms with Gasteiger partial charge in [0.15, 0.2) is 0 Å². The van der Waals surface area contributed by atoms with Crippen molar-refractivity contribution in [3.05, 3.63) is 36.5 Å². The fourth-order valence-corrected chi connectivity index (χ4v) is 1.77. The predicted octanol–water partition coefficient (Wildman–Crippen LogP) is 4.84.